The average Bonchev–Trinajstić information content (AvgIpc) is 3.13. The number of aryl methyl sites for hydroxylation is 2. The number of Topliss-reactive ketones (excluding diaryl/α,β-unsaturated/α-hetero) is 2. The standard InChI is InChI=1S/C20H21N3O6/c1-6-28-20(27)15-12(5)29-18-16(15)19(26)23(8-21-18)7-13(25)17-9(2)14(11(4)24)10(3)22-17/h8,22H,6-7H2,1-5H3. The van der Waals surface area contributed by atoms with E-state index < -0.39 is 11.5 Å². The molecule has 9 heteroatoms. The van der Waals surface area contributed by atoms with E-state index in [1.54, 1.807) is 20.8 Å². The van der Waals surface area contributed by atoms with Crippen molar-refractivity contribution < 1.29 is 23.5 Å². The van der Waals surface area contributed by atoms with Crippen molar-refractivity contribution in [2.75, 3.05) is 6.61 Å². The molecule has 0 spiro atoms. The molecular formula is C20H21N3O6. The first kappa shape index (κ1) is 20.2. The van der Waals surface area contributed by atoms with Crippen LogP contribution in [0.25, 0.3) is 11.1 Å². The zero-order valence-corrected chi connectivity index (χ0v) is 16.8. The average molecular weight is 399 g/mol. The second kappa shape index (κ2) is 7.50. The van der Waals surface area contributed by atoms with Gasteiger partial charge < -0.3 is 14.1 Å². The number of carbonyl (C=O) groups excluding carboxylic acids is 3. The molecule has 0 saturated heterocycles. The normalized spacial score (nSPS) is 11.1. The third-order valence-electron chi connectivity index (χ3n) is 4.72. The molecule has 0 amide bonds. The zero-order chi connectivity index (χ0) is 21.5. The number of fused-ring (bicyclic) bond motifs is 1. The highest BCUT2D eigenvalue weighted by Gasteiger charge is 2.25. The number of esters is 1. The summed E-state index contributed by atoms with van der Waals surface area (Å²) in [5.74, 6) is -1.01. The van der Waals surface area contributed by atoms with E-state index in [4.69, 9.17) is 9.15 Å². The lowest BCUT2D eigenvalue weighted by Crippen LogP contribution is -2.26. The number of aromatic amines is 1. The summed E-state index contributed by atoms with van der Waals surface area (Å²) in [6.45, 7) is 7.83. The highest BCUT2D eigenvalue weighted by molar-refractivity contribution is 6.04. The van der Waals surface area contributed by atoms with E-state index in [2.05, 4.69) is 9.97 Å². The Morgan fingerprint density at radius 2 is 1.90 bits per heavy atom. The lowest BCUT2D eigenvalue weighted by molar-refractivity contribution is 0.0526. The van der Waals surface area contributed by atoms with Gasteiger partial charge in [0.2, 0.25) is 5.71 Å². The third-order valence-corrected chi connectivity index (χ3v) is 4.72. The van der Waals surface area contributed by atoms with Crippen LogP contribution in [0.2, 0.25) is 0 Å². The first-order valence-electron chi connectivity index (χ1n) is 9.06. The Balaban J connectivity index is 2.05. The summed E-state index contributed by atoms with van der Waals surface area (Å²) in [7, 11) is 0. The number of hydrogen-bond donors (Lipinski definition) is 1. The van der Waals surface area contributed by atoms with Crippen LogP contribution in [0.1, 0.15) is 62.1 Å². The predicted molar refractivity (Wildman–Crippen MR) is 104 cm³/mol. The minimum absolute atomic E-state index is 0.00464. The summed E-state index contributed by atoms with van der Waals surface area (Å²) in [6, 6.07) is 0. The van der Waals surface area contributed by atoms with Crippen LogP contribution in [-0.2, 0) is 11.3 Å². The van der Waals surface area contributed by atoms with Gasteiger partial charge in [-0.15, -0.1) is 0 Å². The highest BCUT2D eigenvalue weighted by Crippen LogP contribution is 2.22. The van der Waals surface area contributed by atoms with E-state index in [-0.39, 0.29) is 52.8 Å². The number of hydrogen-bond acceptors (Lipinski definition) is 7. The second-order valence-corrected chi connectivity index (χ2v) is 6.72. The first-order valence-corrected chi connectivity index (χ1v) is 9.06. The molecule has 0 aromatic carbocycles. The minimum atomic E-state index is -0.686. The van der Waals surface area contributed by atoms with Crippen molar-refractivity contribution in [3.63, 3.8) is 0 Å². The number of rotatable bonds is 6. The molecule has 0 aliphatic carbocycles. The second-order valence-electron chi connectivity index (χ2n) is 6.72. The molecule has 1 N–H and O–H groups in total. The summed E-state index contributed by atoms with van der Waals surface area (Å²) in [5, 5.41) is -0.0277. The fraction of sp³-hybridized carbons (Fsp3) is 0.350. The maximum absolute atomic E-state index is 12.9. The predicted octanol–water partition coefficient (Wildman–Crippen LogP) is 2.51. The number of nitrogens with one attached hydrogen (secondary N) is 1. The largest absolute Gasteiger partial charge is 0.462 e. The molecular weight excluding hydrogens is 378 g/mol. The summed E-state index contributed by atoms with van der Waals surface area (Å²) in [5.41, 5.74) is 1.27. The maximum Gasteiger partial charge on any atom is 0.342 e. The van der Waals surface area contributed by atoms with Crippen LogP contribution in [-0.4, -0.2) is 38.7 Å². The number of ketones is 2. The summed E-state index contributed by atoms with van der Waals surface area (Å²) < 4.78 is 11.5. The van der Waals surface area contributed by atoms with E-state index in [1.807, 2.05) is 0 Å². The van der Waals surface area contributed by atoms with Crippen LogP contribution in [0.15, 0.2) is 15.5 Å². The van der Waals surface area contributed by atoms with Crippen LogP contribution in [0.5, 0.6) is 0 Å². The van der Waals surface area contributed by atoms with Gasteiger partial charge in [0, 0.05) is 11.3 Å². The molecule has 0 saturated carbocycles. The number of furan rings is 1. The summed E-state index contributed by atoms with van der Waals surface area (Å²) >= 11 is 0. The van der Waals surface area contributed by atoms with Crippen molar-refractivity contribution in [2.45, 2.75) is 41.2 Å². The van der Waals surface area contributed by atoms with E-state index in [1.165, 1.54) is 20.2 Å². The third kappa shape index (κ3) is 3.39. The Bertz CT molecular complexity index is 1210. The molecule has 0 aliphatic rings. The molecule has 0 aliphatic heterocycles. The smallest absolute Gasteiger partial charge is 0.342 e. The van der Waals surface area contributed by atoms with Gasteiger partial charge in [-0.1, -0.05) is 0 Å². The molecule has 29 heavy (non-hydrogen) atoms. The topological polar surface area (TPSA) is 124 Å². The fourth-order valence-electron chi connectivity index (χ4n) is 3.49. The molecule has 0 fully saturated rings. The van der Waals surface area contributed by atoms with Crippen LogP contribution in [0, 0.1) is 20.8 Å². The Labute approximate surface area is 165 Å². The molecule has 3 aromatic rings. The van der Waals surface area contributed by atoms with E-state index >= 15 is 0 Å². The lowest BCUT2D eigenvalue weighted by Gasteiger charge is -2.05. The molecule has 3 rings (SSSR count). The Kier molecular flexibility index (Phi) is 5.23. The van der Waals surface area contributed by atoms with Gasteiger partial charge in [-0.3, -0.25) is 19.0 Å². The van der Waals surface area contributed by atoms with Crippen molar-refractivity contribution in [3.05, 3.63) is 50.5 Å². The SMILES string of the molecule is CCOC(=O)c1c(C)oc2ncn(CC(=O)c3[nH]c(C)c(C(C)=O)c3C)c(=O)c12. The van der Waals surface area contributed by atoms with Crippen molar-refractivity contribution in [1.82, 2.24) is 14.5 Å². The van der Waals surface area contributed by atoms with Crippen molar-refractivity contribution in [2.24, 2.45) is 0 Å². The lowest BCUT2D eigenvalue weighted by atomic mass is 10.1. The van der Waals surface area contributed by atoms with Crippen LogP contribution in [0.4, 0.5) is 0 Å². The molecule has 0 radical (unpaired) electrons. The van der Waals surface area contributed by atoms with Gasteiger partial charge in [-0.05, 0) is 40.2 Å². The van der Waals surface area contributed by atoms with E-state index in [9.17, 15) is 19.2 Å². The maximum atomic E-state index is 12.9. The fourth-order valence-corrected chi connectivity index (χ4v) is 3.49. The van der Waals surface area contributed by atoms with Crippen LogP contribution < -0.4 is 5.56 Å². The minimum Gasteiger partial charge on any atom is -0.462 e. The summed E-state index contributed by atoms with van der Waals surface area (Å²) in [6.07, 6.45) is 1.19. The Morgan fingerprint density at radius 3 is 2.48 bits per heavy atom. The number of H-pyrrole nitrogens is 1. The molecule has 0 unspecified atom stereocenters. The van der Waals surface area contributed by atoms with Gasteiger partial charge in [0.05, 0.1) is 18.8 Å². The Hall–Kier alpha value is -3.49. The number of nitrogens with zero attached hydrogens (tertiary/aromatic N) is 2. The molecule has 9 nitrogen and oxygen atoms in total. The highest BCUT2D eigenvalue weighted by atomic mass is 16.5. The van der Waals surface area contributed by atoms with Gasteiger partial charge in [0.15, 0.2) is 11.6 Å². The quantitative estimate of drug-likeness (QED) is 0.499. The number of aromatic nitrogens is 3. The van der Waals surface area contributed by atoms with Crippen LogP contribution in [0.3, 0.4) is 0 Å². The Morgan fingerprint density at radius 1 is 1.21 bits per heavy atom. The van der Waals surface area contributed by atoms with Crippen LogP contribution >= 0.6 is 0 Å². The monoisotopic (exact) mass is 399 g/mol. The molecule has 0 bridgehead atoms. The number of ether oxygens (including phenoxy) is 1. The number of carbonyl (C=O) groups is 3. The van der Waals surface area contributed by atoms with Gasteiger partial charge in [0.1, 0.15) is 23.0 Å². The van der Waals surface area contributed by atoms with Gasteiger partial charge in [-0.25, -0.2) is 9.78 Å². The zero-order valence-electron chi connectivity index (χ0n) is 16.8. The molecule has 3 aromatic heterocycles. The molecule has 3 heterocycles. The van der Waals surface area contributed by atoms with E-state index in [0.717, 1.165) is 4.57 Å². The van der Waals surface area contributed by atoms with E-state index in [0.29, 0.717) is 16.8 Å². The van der Waals surface area contributed by atoms with Crippen molar-refractivity contribution in [3.8, 4) is 0 Å². The van der Waals surface area contributed by atoms with Crippen molar-refractivity contribution in [1.29, 1.82) is 0 Å². The van der Waals surface area contributed by atoms with Gasteiger partial charge >= 0.3 is 5.97 Å². The van der Waals surface area contributed by atoms with Gasteiger partial charge in [-0.2, -0.15) is 0 Å². The summed E-state index contributed by atoms with van der Waals surface area (Å²) in [4.78, 5) is 56.7. The molecule has 152 valence electrons. The first-order chi connectivity index (χ1) is 13.7. The molecule has 0 atom stereocenters. The van der Waals surface area contributed by atoms with Crippen molar-refractivity contribution >= 4 is 28.6 Å². The van der Waals surface area contributed by atoms with Gasteiger partial charge in [0.25, 0.3) is 5.56 Å².